The van der Waals surface area contributed by atoms with Crippen LogP contribution in [0.25, 0.3) is 0 Å². The van der Waals surface area contributed by atoms with Crippen molar-refractivity contribution in [1.82, 2.24) is 10.2 Å². The summed E-state index contributed by atoms with van der Waals surface area (Å²) >= 11 is 0. The number of rotatable bonds is 3. The van der Waals surface area contributed by atoms with Crippen LogP contribution in [-0.2, 0) is 9.59 Å². The third kappa shape index (κ3) is 3.78. The molecule has 1 saturated heterocycles. The molecule has 0 aromatic heterocycles. The van der Waals surface area contributed by atoms with E-state index in [1.54, 1.807) is 0 Å². The van der Waals surface area contributed by atoms with Gasteiger partial charge in [0.15, 0.2) is 0 Å². The van der Waals surface area contributed by atoms with Gasteiger partial charge >= 0.3 is 0 Å². The van der Waals surface area contributed by atoms with Crippen molar-refractivity contribution in [3.8, 4) is 0 Å². The van der Waals surface area contributed by atoms with Crippen molar-refractivity contribution in [3.05, 3.63) is 0 Å². The number of carbonyl (C=O) groups excluding carboxylic acids is 2. The van der Waals surface area contributed by atoms with Gasteiger partial charge in [-0.2, -0.15) is 0 Å². The van der Waals surface area contributed by atoms with E-state index in [2.05, 4.69) is 12.2 Å². The quantitative estimate of drug-likeness (QED) is 0.870. The van der Waals surface area contributed by atoms with Crippen LogP contribution in [-0.4, -0.2) is 35.3 Å². The largest absolute Gasteiger partial charge is 0.342 e. The minimum Gasteiger partial charge on any atom is -0.342 e. The highest BCUT2D eigenvalue weighted by molar-refractivity contribution is 5.95. The van der Waals surface area contributed by atoms with Crippen molar-refractivity contribution in [2.75, 3.05) is 6.54 Å². The van der Waals surface area contributed by atoms with Gasteiger partial charge < -0.3 is 10.2 Å². The highest BCUT2D eigenvalue weighted by Gasteiger charge is 2.42. The highest BCUT2D eigenvalue weighted by atomic mass is 16.2. The predicted octanol–water partition coefficient (Wildman–Crippen LogP) is 2.72. The van der Waals surface area contributed by atoms with Crippen molar-refractivity contribution in [2.45, 2.75) is 78.3 Å². The highest BCUT2D eigenvalue weighted by Crippen LogP contribution is 2.32. The molecule has 2 aliphatic rings. The summed E-state index contributed by atoms with van der Waals surface area (Å²) in [5, 5.41) is 2.87. The molecule has 1 atom stereocenters. The lowest BCUT2D eigenvalue weighted by Gasteiger charge is -2.44. The SMILES string of the molecule is CCCC1CCC(N2CC(=O)NC(C(C)(C)C)C2=O)CC1. The van der Waals surface area contributed by atoms with E-state index in [1.807, 2.05) is 25.7 Å². The summed E-state index contributed by atoms with van der Waals surface area (Å²) in [6.07, 6.45) is 7.05. The van der Waals surface area contributed by atoms with Crippen LogP contribution in [0.1, 0.15) is 66.2 Å². The molecule has 1 heterocycles. The molecule has 120 valence electrons. The summed E-state index contributed by atoms with van der Waals surface area (Å²) < 4.78 is 0. The van der Waals surface area contributed by atoms with Gasteiger partial charge in [0.2, 0.25) is 11.8 Å². The van der Waals surface area contributed by atoms with Crippen LogP contribution in [0.5, 0.6) is 0 Å². The van der Waals surface area contributed by atoms with Crippen molar-refractivity contribution in [3.63, 3.8) is 0 Å². The molecule has 0 aromatic rings. The van der Waals surface area contributed by atoms with Gasteiger partial charge in [-0.15, -0.1) is 0 Å². The molecular formula is C17H30N2O2. The van der Waals surface area contributed by atoms with Gasteiger partial charge in [-0.25, -0.2) is 0 Å². The van der Waals surface area contributed by atoms with Crippen LogP contribution in [0, 0.1) is 11.3 Å². The van der Waals surface area contributed by atoms with E-state index in [9.17, 15) is 9.59 Å². The molecule has 21 heavy (non-hydrogen) atoms. The lowest BCUT2D eigenvalue weighted by Crippen LogP contribution is -2.64. The van der Waals surface area contributed by atoms with Crippen LogP contribution in [0.15, 0.2) is 0 Å². The second kappa shape index (κ2) is 6.37. The molecular weight excluding hydrogens is 264 g/mol. The Morgan fingerprint density at radius 3 is 2.29 bits per heavy atom. The molecule has 1 N–H and O–H groups in total. The van der Waals surface area contributed by atoms with Crippen LogP contribution < -0.4 is 5.32 Å². The van der Waals surface area contributed by atoms with Crippen LogP contribution >= 0.6 is 0 Å². The van der Waals surface area contributed by atoms with Gasteiger partial charge in [0.25, 0.3) is 0 Å². The minimum absolute atomic E-state index is 0.00907. The molecule has 2 amide bonds. The Morgan fingerprint density at radius 1 is 1.14 bits per heavy atom. The van der Waals surface area contributed by atoms with Crippen LogP contribution in [0.2, 0.25) is 0 Å². The lowest BCUT2D eigenvalue weighted by atomic mass is 9.81. The number of amides is 2. The van der Waals surface area contributed by atoms with E-state index >= 15 is 0 Å². The first-order valence-corrected chi connectivity index (χ1v) is 8.42. The molecule has 0 bridgehead atoms. The number of hydrogen-bond donors (Lipinski definition) is 1. The van der Waals surface area contributed by atoms with E-state index in [-0.39, 0.29) is 35.9 Å². The molecule has 1 unspecified atom stereocenters. The van der Waals surface area contributed by atoms with Gasteiger partial charge in [-0.05, 0) is 37.0 Å². The summed E-state index contributed by atoms with van der Waals surface area (Å²) in [6, 6.07) is -0.117. The zero-order valence-electron chi connectivity index (χ0n) is 13.9. The predicted molar refractivity (Wildman–Crippen MR) is 83.8 cm³/mol. The zero-order valence-corrected chi connectivity index (χ0v) is 13.9. The van der Waals surface area contributed by atoms with E-state index in [0.717, 1.165) is 18.8 Å². The van der Waals surface area contributed by atoms with Crippen molar-refractivity contribution in [2.24, 2.45) is 11.3 Å². The topological polar surface area (TPSA) is 49.4 Å². The molecule has 4 heteroatoms. The first-order chi connectivity index (χ1) is 9.82. The Balaban J connectivity index is 2.02. The van der Waals surface area contributed by atoms with E-state index in [0.29, 0.717) is 0 Å². The molecule has 1 aliphatic carbocycles. The van der Waals surface area contributed by atoms with E-state index in [1.165, 1.54) is 25.7 Å². The molecule has 4 nitrogen and oxygen atoms in total. The molecule has 2 rings (SSSR count). The van der Waals surface area contributed by atoms with E-state index < -0.39 is 0 Å². The fraction of sp³-hybridized carbons (Fsp3) is 0.882. The second-order valence-corrected chi connectivity index (χ2v) is 7.80. The summed E-state index contributed by atoms with van der Waals surface area (Å²) in [7, 11) is 0. The Bertz CT molecular complexity index is 392. The molecule has 0 radical (unpaired) electrons. The first kappa shape index (κ1) is 16.3. The third-order valence-electron chi connectivity index (χ3n) is 4.97. The molecule has 0 aromatic carbocycles. The summed E-state index contributed by atoms with van der Waals surface area (Å²) in [5.74, 6) is 0.921. The maximum Gasteiger partial charge on any atom is 0.246 e. The van der Waals surface area contributed by atoms with Gasteiger partial charge in [0, 0.05) is 6.04 Å². The standard InChI is InChI=1S/C17H30N2O2/c1-5-6-12-7-9-13(10-8-12)19-11-14(20)18-15(16(19)21)17(2,3)4/h12-13,15H,5-11H2,1-4H3,(H,18,20). The van der Waals surface area contributed by atoms with Gasteiger partial charge in [0.1, 0.15) is 6.04 Å². The Hall–Kier alpha value is -1.06. The van der Waals surface area contributed by atoms with Crippen LogP contribution in [0.3, 0.4) is 0 Å². The number of nitrogens with zero attached hydrogens (tertiary/aromatic N) is 1. The normalized spacial score (nSPS) is 31.2. The average molecular weight is 294 g/mol. The smallest absolute Gasteiger partial charge is 0.246 e. The zero-order chi connectivity index (χ0) is 15.6. The molecule has 2 fully saturated rings. The lowest BCUT2D eigenvalue weighted by molar-refractivity contribution is -0.150. The summed E-state index contributed by atoms with van der Waals surface area (Å²) in [6.45, 7) is 8.51. The van der Waals surface area contributed by atoms with Crippen molar-refractivity contribution < 1.29 is 9.59 Å². The molecule has 1 saturated carbocycles. The number of carbonyl (C=O) groups is 2. The second-order valence-electron chi connectivity index (χ2n) is 7.80. The monoisotopic (exact) mass is 294 g/mol. The first-order valence-electron chi connectivity index (χ1n) is 8.42. The number of nitrogens with one attached hydrogen (secondary N) is 1. The van der Waals surface area contributed by atoms with Gasteiger partial charge in [0.05, 0.1) is 6.54 Å². The average Bonchev–Trinajstić information content (AvgIpc) is 2.41. The number of hydrogen-bond acceptors (Lipinski definition) is 2. The Kier molecular flexibility index (Phi) is 4.95. The summed E-state index contributed by atoms with van der Waals surface area (Å²) in [5.41, 5.74) is -0.231. The van der Waals surface area contributed by atoms with Gasteiger partial charge in [-0.1, -0.05) is 40.5 Å². The van der Waals surface area contributed by atoms with Crippen molar-refractivity contribution in [1.29, 1.82) is 0 Å². The fourth-order valence-corrected chi connectivity index (χ4v) is 3.72. The summed E-state index contributed by atoms with van der Waals surface area (Å²) in [4.78, 5) is 26.6. The molecule has 1 aliphatic heterocycles. The van der Waals surface area contributed by atoms with Crippen molar-refractivity contribution >= 4 is 11.8 Å². The maximum atomic E-state index is 12.7. The van der Waals surface area contributed by atoms with E-state index in [4.69, 9.17) is 0 Å². The third-order valence-corrected chi connectivity index (χ3v) is 4.97. The Morgan fingerprint density at radius 2 is 1.76 bits per heavy atom. The minimum atomic E-state index is -0.382. The van der Waals surface area contributed by atoms with Gasteiger partial charge in [-0.3, -0.25) is 9.59 Å². The fourth-order valence-electron chi connectivity index (χ4n) is 3.72. The Labute approximate surface area is 128 Å². The van der Waals surface area contributed by atoms with Crippen LogP contribution in [0.4, 0.5) is 0 Å². The molecule has 0 spiro atoms. The number of piperazine rings is 1. The maximum absolute atomic E-state index is 12.7.